The topological polar surface area (TPSA) is 79.9 Å². The summed E-state index contributed by atoms with van der Waals surface area (Å²) in [6.45, 7) is 6.67. The number of nitrogens with zero attached hydrogens (tertiary/aromatic N) is 1. The summed E-state index contributed by atoms with van der Waals surface area (Å²) in [5.41, 5.74) is 0.159. The molecular formula is C18H26BrN3O4. The van der Waals surface area contributed by atoms with E-state index in [-0.39, 0.29) is 18.2 Å². The number of likely N-dealkylation sites (tertiary alicyclic amines) is 1. The van der Waals surface area contributed by atoms with Gasteiger partial charge in [-0.1, -0.05) is 0 Å². The number of rotatable bonds is 3. The SMILES string of the molecule is COc1ccc(NC(=O)NC2CCN(C(=O)OC(C)(C)C)CC2)c(Br)c1. The third-order valence-corrected chi connectivity index (χ3v) is 4.56. The lowest BCUT2D eigenvalue weighted by Crippen LogP contribution is -2.48. The van der Waals surface area contributed by atoms with Gasteiger partial charge in [-0.3, -0.25) is 0 Å². The number of benzene rings is 1. The lowest BCUT2D eigenvalue weighted by Gasteiger charge is -2.33. The van der Waals surface area contributed by atoms with Crippen LogP contribution in [0.1, 0.15) is 33.6 Å². The molecule has 7 nitrogen and oxygen atoms in total. The van der Waals surface area contributed by atoms with Crippen LogP contribution in [0.25, 0.3) is 0 Å². The Bertz CT molecular complexity index is 652. The molecule has 1 heterocycles. The van der Waals surface area contributed by atoms with Crippen molar-refractivity contribution < 1.29 is 19.1 Å². The first kappa shape index (κ1) is 20.4. The van der Waals surface area contributed by atoms with Gasteiger partial charge in [0.05, 0.1) is 12.8 Å². The van der Waals surface area contributed by atoms with E-state index in [1.54, 1.807) is 30.2 Å². The second kappa shape index (κ2) is 8.62. The van der Waals surface area contributed by atoms with Crippen molar-refractivity contribution in [3.8, 4) is 5.75 Å². The molecule has 0 unspecified atom stereocenters. The second-order valence-corrected chi connectivity index (χ2v) is 8.04. The summed E-state index contributed by atoms with van der Waals surface area (Å²) in [6.07, 6.45) is 1.08. The Morgan fingerprint density at radius 2 is 1.88 bits per heavy atom. The monoisotopic (exact) mass is 427 g/mol. The molecule has 0 bridgehead atoms. The highest BCUT2D eigenvalue weighted by Gasteiger charge is 2.27. The quantitative estimate of drug-likeness (QED) is 0.764. The van der Waals surface area contributed by atoms with Crippen molar-refractivity contribution in [2.45, 2.75) is 45.3 Å². The third-order valence-electron chi connectivity index (χ3n) is 3.91. The van der Waals surface area contributed by atoms with E-state index >= 15 is 0 Å². The number of carbonyl (C=O) groups excluding carboxylic acids is 2. The standard InChI is InChI=1S/C18H26BrN3O4/c1-18(2,3)26-17(24)22-9-7-12(8-10-22)20-16(23)21-15-6-5-13(25-4)11-14(15)19/h5-6,11-12H,7-10H2,1-4H3,(H2,20,21,23). The first-order valence-electron chi connectivity index (χ1n) is 8.57. The minimum Gasteiger partial charge on any atom is -0.497 e. The van der Waals surface area contributed by atoms with Crippen LogP contribution in [0.5, 0.6) is 5.75 Å². The van der Waals surface area contributed by atoms with Gasteiger partial charge in [-0.05, 0) is 67.7 Å². The molecule has 1 fully saturated rings. The fourth-order valence-electron chi connectivity index (χ4n) is 2.60. The molecule has 0 aliphatic carbocycles. The van der Waals surface area contributed by atoms with Crippen LogP contribution in [-0.4, -0.2) is 48.9 Å². The van der Waals surface area contributed by atoms with Crippen LogP contribution in [0.2, 0.25) is 0 Å². The van der Waals surface area contributed by atoms with E-state index in [1.807, 2.05) is 20.8 Å². The van der Waals surface area contributed by atoms with E-state index in [0.717, 1.165) is 4.47 Å². The number of carbonyl (C=O) groups is 2. The first-order valence-corrected chi connectivity index (χ1v) is 9.36. The van der Waals surface area contributed by atoms with Crippen LogP contribution in [0.15, 0.2) is 22.7 Å². The van der Waals surface area contributed by atoms with Gasteiger partial charge in [-0.25, -0.2) is 9.59 Å². The lowest BCUT2D eigenvalue weighted by atomic mass is 10.1. The predicted octanol–water partition coefficient (Wildman–Crippen LogP) is 3.98. The largest absolute Gasteiger partial charge is 0.497 e. The van der Waals surface area contributed by atoms with E-state index < -0.39 is 5.60 Å². The zero-order valence-corrected chi connectivity index (χ0v) is 17.2. The summed E-state index contributed by atoms with van der Waals surface area (Å²) in [7, 11) is 1.59. The van der Waals surface area contributed by atoms with Gasteiger partial charge in [0, 0.05) is 23.6 Å². The minimum atomic E-state index is -0.502. The van der Waals surface area contributed by atoms with E-state index in [4.69, 9.17) is 9.47 Å². The van der Waals surface area contributed by atoms with Gasteiger partial charge >= 0.3 is 12.1 Å². The fourth-order valence-corrected chi connectivity index (χ4v) is 3.06. The Morgan fingerprint density at radius 1 is 1.23 bits per heavy atom. The molecule has 144 valence electrons. The molecule has 0 saturated carbocycles. The molecule has 0 radical (unpaired) electrons. The maximum atomic E-state index is 12.2. The van der Waals surface area contributed by atoms with Crippen LogP contribution in [0.4, 0.5) is 15.3 Å². The van der Waals surface area contributed by atoms with Crippen molar-refractivity contribution in [1.29, 1.82) is 0 Å². The number of nitrogens with one attached hydrogen (secondary N) is 2. The second-order valence-electron chi connectivity index (χ2n) is 7.19. The average molecular weight is 428 g/mol. The number of urea groups is 1. The van der Waals surface area contributed by atoms with Crippen LogP contribution in [0.3, 0.4) is 0 Å². The normalized spacial score (nSPS) is 15.3. The van der Waals surface area contributed by atoms with Gasteiger partial charge in [-0.2, -0.15) is 0 Å². The Hall–Kier alpha value is -1.96. The Labute approximate surface area is 162 Å². The number of hydrogen-bond acceptors (Lipinski definition) is 4. The van der Waals surface area contributed by atoms with Crippen molar-refractivity contribution in [3.05, 3.63) is 22.7 Å². The number of anilines is 1. The molecule has 26 heavy (non-hydrogen) atoms. The molecule has 1 saturated heterocycles. The van der Waals surface area contributed by atoms with Gasteiger partial charge in [0.1, 0.15) is 11.4 Å². The molecule has 1 aromatic rings. The highest BCUT2D eigenvalue weighted by atomic mass is 79.9. The molecule has 1 aliphatic heterocycles. The highest BCUT2D eigenvalue weighted by Crippen LogP contribution is 2.27. The van der Waals surface area contributed by atoms with Crippen molar-refractivity contribution in [3.63, 3.8) is 0 Å². The molecular weight excluding hydrogens is 402 g/mol. The molecule has 2 rings (SSSR count). The van der Waals surface area contributed by atoms with Gasteiger partial charge in [0.15, 0.2) is 0 Å². The Kier molecular flexibility index (Phi) is 6.75. The maximum Gasteiger partial charge on any atom is 0.410 e. The zero-order valence-electron chi connectivity index (χ0n) is 15.6. The van der Waals surface area contributed by atoms with Crippen molar-refractivity contribution in [2.75, 3.05) is 25.5 Å². The van der Waals surface area contributed by atoms with Gasteiger partial charge in [0.2, 0.25) is 0 Å². The third kappa shape index (κ3) is 6.09. The highest BCUT2D eigenvalue weighted by molar-refractivity contribution is 9.10. The number of halogens is 1. The Balaban J connectivity index is 1.80. The smallest absolute Gasteiger partial charge is 0.410 e. The minimum absolute atomic E-state index is 0.0192. The summed E-state index contributed by atoms with van der Waals surface area (Å²) >= 11 is 3.41. The van der Waals surface area contributed by atoms with Crippen LogP contribution in [-0.2, 0) is 4.74 Å². The first-order chi connectivity index (χ1) is 12.2. The molecule has 2 N–H and O–H groups in total. The van der Waals surface area contributed by atoms with Crippen LogP contribution >= 0.6 is 15.9 Å². The zero-order chi connectivity index (χ0) is 19.3. The molecule has 8 heteroatoms. The van der Waals surface area contributed by atoms with Crippen molar-refractivity contribution in [2.24, 2.45) is 0 Å². The predicted molar refractivity (Wildman–Crippen MR) is 104 cm³/mol. The molecule has 0 spiro atoms. The number of piperidine rings is 1. The summed E-state index contributed by atoms with van der Waals surface area (Å²) in [5, 5.41) is 5.77. The summed E-state index contributed by atoms with van der Waals surface area (Å²) in [6, 6.07) is 5.08. The van der Waals surface area contributed by atoms with Gasteiger partial charge < -0.3 is 25.0 Å². The molecule has 1 aliphatic rings. The molecule has 1 aromatic carbocycles. The summed E-state index contributed by atoms with van der Waals surface area (Å²) < 4.78 is 11.3. The number of ether oxygens (including phenoxy) is 2. The van der Waals surface area contributed by atoms with E-state index in [2.05, 4.69) is 26.6 Å². The Morgan fingerprint density at radius 3 is 2.42 bits per heavy atom. The summed E-state index contributed by atoms with van der Waals surface area (Å²) in [5.74, 6) is 0.706. The maximum absolute atomic E-state index is 12.2. The van der Waals surface area contributed by atoms with E-state index in [0.29, 0.717) is 37.4 Å². The van der Waals surface area contributed by atoms with Crippen LogP contribution in [0, 0.1) is 0 Å². The number of amides is 3. The van der Waals surface area contributed by atoms with Gasteiger partial charge in [-0.15, -0.1) is 0 Å². The number of methoxy groups -OCH3 is 1. The molecule has 0 aromatic heterocycles. The van der Waals surface area contributed by atoms with E-state index in [1.165, 1.54) is 0 Å². The summed E-state index contributed by atoms with van der Waals surface area (Å²) in [4.78, 5) is 26.0. The fraction of sp³-hybridized carbons (Fsp3) is 0.556. The van der Waals surface area contributed by atoms with E-state index in [9.17, 15) is 9.59 Å². The van der Waals surface area contributed by atoms with Crippen molar-refractivity contribution >= 4 is 33.7 Å². The van der Waals surface area contributed by atoms with Gasteiger partial charge in [0.25, 0.3) is 0 Å². The molecule has 3 amide bonds. The lowest BCUT2D eigenvalue weighted by molar-refractivity contribution is 0.0202. The number of hydrogen-bond donors (Lipinski definition) is 2. The molecule has 0 atom stereocenters. The van der Waals surface area contributed by atoms with Crippen LogP contribution < -0.4 is 15.4 Å². The van der Waals surface area contributed by atoms with Crippen molar-refractivity contribution in [1.82, 2.24) is 10.2 Å². The average Bonchev–Trinajstić information content (AvgIpc) is 2.55.